The van der Waals surface area contributed by atoms with Crippen molar-refractivity contribution in [3.63, 3.8) is 0 Å². The minimum atomic E-state index is -0.959. The van der Waals surface area contributed by atoms with Crippen molar-refractivity contribution in [3.8, 4) is 0 Å². The molecule has 108 valence electrons. The molecule has 1 aliphatic heterocycles. The van der Waals surface area contributed by atoms with E-state index in [1.165, 1.54) is 4.90 Å². The Bertz CT molecular complexity index is 338. The number of carboxylic acids is 1. The van der Waals surface area contributed by atoms with Gasteiger partial charge in [-0.25, -0.2) is 4.79 Å². The minimum absolute atomic E-state index is 0.0987. The highest BCUT2D eigenvalue weighted by molar-refractivity contribution is 5.80. The molecule has 2 fully saturated rings. The maximum absolute atomic E-state index is 12.3. The van der Waals surface area contributed by atoms with Gasteiger partial charge in [0.15, 0.2) is 0 Å². The maximum Gasteiger partial charge on any atom is 0.323 e. The van der Waals surface area contributed by atoms with Gasteiger partial charge in [-0.1, -0.05) is 0 Å². The SMILES string of the molecule is CN(CC1CCCO1)C(=O)N(CC(=O)O)CC1CC1. The van der Waals surface area contributed by atoms with E-state index in [-0.39, 0.29) is 18.7 Å². The number of likely N-dealkylation sites (N-methyl/N-ethyl adjacent to an activating group) is 1. The summed E-state index contributed by atoms with van der Waals surface area (Å²) in [7, 11) is 1.71. The highest BCUT2D eigenvalue weighted by Crippen LogP contribution is 2.30. The van der Waals surface area contributed by atoms with E-state index in [0.29, 0.717) is 19.0 Å². The van der Waals surface area contributed by atoms with Gasteiger partial charge in [-0.2, -0.15) is 0 Å². The number of aliphatic carboxylic acids is 1. The Morgan fingerprint density at radius 2 is 2.00 bits per heavy atom. The van der Waals surface area contributed by atoms with Gasteiger partial charge in [0.1, 0.15) is 6.54 Å². The fourth-order valence-corrected chi connectivity index (χ4v) is 2.40. The van der Waals surface area contributed by atoms with Gasteiger partial charge < -0.3 is 19.6 Å². The number of urea groups is 1. The first-order valence-corrected chi connectivity index (χ1v) is 6.89. The van der Waals surface area contributed by atoms with Crippen LogP contribution in [0.15, 0.2) is 0 Å². The van der Waals surface area contributed by atoms with E-state index in [1.54, 1.807) is 11.9 Å². The topological polar surface area (TPSA) is 70.1 Å². The predicted octanol–water partition coefficient (Wildman–Crippen LogP) is 1.01. The molecule has 6 heteroatoms. The maximum atomic E-state index is 12.3. The van der Waals surface area contributed by atoms with Crippen LogP contribution in [0.4, 0.5) is 4.79 Å². The summed E-state index contributed by atoms with van der Waals surface area (Å²) in [5.41, 5.74) is 0. The van der Waals surface area contributed by atoms with E-state index in [2.05, 4.69) is 0 Å². The molecule has 0 spiro atoms. The molecule has 2 rings (SSSR count). The van der Waals surface area contributed by atoms with Gasteiger partial charge in [0.05, 0.1) is 6.10 Å². The lowest BCUT2D eigenvalue weighted by Crippen LogP contribution is -2.46. The number of carboxylic acid groups (broad SMARTS) is 1. The van der Waals surface area contributed by atoms with E-state index in [1.807, 2.05) is 0 Å². The normalized spacial score (nSPS) is 22.3. The van der Waals surface area contributed by atoms with Crippen molar-refractivity contribution in [2.75, 3.05) is 33.3 Å². The highest BCUT2D eigenvalue weighted by Gasteiger charge is 2.30. The Hall–Kier alpha value is -1.30. The Morgan fingerprint density at radius 1 is 1.26 bits per heavy atom. The summed E-state index contributed by atoms with van der Waals surface area (Å²) in [6.45, 7) is 1.64. The van der Waals surface area contributed by atoms with Crippen molar-refractivity contribution in [1.29, 1.82) is 0 Å². The zero-order valence-corrected chi connectivity index (χ0v) is 11.4. The first-order chi connectivity index (χ1) is 9.06. The van der Waals surface area contributed by atoms with Gasteiger partial charge in [0, 0.05) is 26.7 Å². The van der Waals surface area contributed by atoms with Gasteiger partial charge in [-0.3, -0.25) is 4.79 Å². The van der Waals surface area contributed by atoms with Crippen LogP contribution in [0.25, 0.3) is 0 Å². The van der Waals surface area contributed by atoms with Crippen LogP contribution in [-0.2, 0) is 9.53 Å². The van der Waals surface area contributed by atoms with Gasteiger partial charge in [0.2, 0.25) is 0 Å². The highest BCUT2D eigenvalue weighted by atomic mass is 16.5. The number of amides is 2. The van der Waals surface area contributed by atoms with Crippen molar-refractivity contribution >= 4 is 12.0 Å². The van der Waals surface area contributed by atoms with E-state index in [0.717, 1.165) is 32.3 Å². The monoisotopic (exact) mass is 270 g/mol. The van der Waals surface area contributed by atoms with Crippen LogP contribution in [0, 0.1) is 5.92 Å². The average molecular weight is 270 g/mol. The molecule has 2 aliphatic rings. The van der Waals surface area contributed by atoms with Crippen LogP contribution in [0.5, 0.6) is 0 Å². The number of rotatable bonds is 6. The minimum Gasteiger partial charge on any atom is -0.480 e. The van der Waals surface area contributed by atoms with Crippen molar-refractivity contribution in [2.45, 2.75) is 31.8 Å². The number of carbonyl (C=O) groups is 2. The molecular formula is C13H22N2O4. The third-order valence-corrected chi connectivity index (χ3v) is 3.60. The van der Waals surface area contributed by atoms with Gasteiger partial charge in [0.25, 0.3) is 0 Å². The molecular weight excluding hydrogens is 248 g/mol. The lowest BCUT2D eigenvalue weighted by atomic mass is 10.2. The van der Waals surface area contributed by atoms with E-state index in [4.69, 9.17) is 9.84 Å². The van der Waals surface area contributed by atoms with Crippen LogP contribution < -0.4 is 0 Å². The van der Waals surface area contributed by atoms with Gasteiger partial charge >= 0.3 is 12.0 Å². The number of ether oxygens (including phenoxy) is 1. The number of nitrogens with zero attached hydrogens (tertiary/aromatic N) is 2. The number of hydrogen-bond acceptors (Lipinski definition) is 3. The number of carbonyl (C=O) groups excluding carboxylic acids is 1. The Kier molecular flexibility index (Phi) is 4.63. The summed E-state index contributed by atoms with van der Waals surface area (Å²) in [5, 5.41) is 8.89. The molecule has 0 bridgehead atoms. The fourth-order valence-electron chi connectivity index (χ4n) is 2.40. The van der Waals surface area contributed by atoms with Crippen molar-refractivity contribution in [1.82, 2.24) is 9.80 Å². The summed E-state index contributed by atoms with van der Waals surface area (Å²) in [6, 6.07) is -0.204. The second-order valence-electron chi connectivity index (χ2n) is 5.52. The van der Waals surface area contributed by atoms with Crippen molar-refractivity contribution in [3.05, 3.63) is 0 Å². The lowest BCUT2D eigenvalue weighted by Gasteiger charge is -2.28. The second kappa shape index (κ2) is 6.23. The molecule has 1 aliphatic carbocycles. The molecule has 0 radical (unpaired) electrons. The largest absolute Gasteiger partial charge is 0.480 e. The summed E-state index contributed by atoms with van der Waals surface area (Å²) < 4.78 is 5.50. The Balaban J connectivity index is 1.86. The molecule has 2 amide bonds. The smallest absolute Gasteiger partial charge is 0.323 e. The average Bonchev–Trinajstić information content (AvgIpc) is 3.02. The molecule has 1 saturated carbocycles. The molecule has 6 nitrogen and oxygen atoms in total. The Labute approximate surface area is 113 Å². The molecule has 0 aromatic rings. The third kappa shape index (κ3) is 4.38. The summed E-state index contributed by atoms with van der Waals surface area (Å²) in [5.74, 6) is -0.473. The van der Waals surface area contributed by atoms with Crippen LogP contribution >= 0.6 is 0 Å². The number of hydrogen-bond donors (Lipinski definition) is 1. The quantitative estimate of drug-likeness (QED) is 0.782. The molecule has 0 aromatic carbocycles. The van der Waals surface area contributed by atoms with Gasteiger partial charge in [-0.05, 0) is 31.6 Å². The first kappa shape index (κ1) is 14.1. The zero-order valence-electron chi connectivity index (χ0n) is 11.4. The second-order valence-corrected chi connectivity index (χ2v) is 5.52. The van der Waals surface area contributed by atoms with Crippen LogP contribution in [-0.4, -0.2) is 66.3 Å². The van der Waals surface area contributed by atoms with Crippen molar-refractivity contribution < 1.29 is 19.4 Å². The van der Waals surface area contributed by atoms with E-state index in [9.17, 15) is 9.59 Å². The molecule has 1 unspecified atom stereocenters. The molecule has 19 heavy (non-hydrogen) atoms. The van der Waals surface area contributed by atoms with Crippen molar-refractivity contribution in [2.24, 2.45) is 5.92 Å². The molecule has 0 aromatic heterocycles. The van der Waals surface area contributed by atoms with Gasteiger partial charge in [-0.15, -0.1) is 0 Å². The first-order valence-electron chi connectivity index (χ1n) is 6.89. The summed E-state index contributed by atoms with van der Waals surface area (Å²) in [6.07, 6.45) is 4.30. The molecule has 1 heterocycles. The Morgan fingerprint density at radius 3 is 2.53 bits per heavy atom. The molecule has 1 saturated heterocycles. The summed E-state index contributed by atoms with van der Waals surface area (Å²) in [4.78, 5) is 26.1. The van der Waals surface area contributed by atoms with Crippen LogP contribution in [0.2, 0.25) is 0 Å². The van der Waals surface area contributed by atoms with Crippen LogP contribution in [0.3, 0.4) is 0 Å². The van der Waals surface area contributed by atoms with E-state index < -0.39 is 5.97 Å². The standard InChI is InChI=1S/C13H22N2O4/c1-14(8-11-3-2-6-19-11)13(18)15(9-12(16)17)7-10-4-5-10/h10-11H,2-9H2,1H3,(H,16,17). The predicted molar refractivity (Wildman–Crippen MR) is 68.9 cm³/mol. The third-order valence-electron chi connectivity index (χ3n) is 3.60. The molecule has 1 atom stereocenters. The van der Waals surface area contributed by atoms with E-state index >= 15 is 0 Å². The van der Waals surface area contributed by atoms with Crippen LogP contribution in [0.1, 0.15) is 25.7 Å². The summed E-state index contributed by atoms with van der Waals surface area (Å²) >= 11 is 0. The zero-order chi connectivity index (χ0) is 13.8. The molecule has 1 N–H and O–H groups in total. The fraction of sp³-hybridized carbons (Fsp3) is 0.846. The lowest BCUT2D eigenvalue weighted by molar-refractivity contribution is -0.137.